The maximum absolute atomic E-state index is 9.52. The fourth-order valence-corrected chi connectivity index (χ4v) is 1.46. The number of pyridine rings is 1. The highest BCUT2D eigenvalue weighted by Gasteiger charge is 2.10. The van der Waals surface area contributed by atoms with Crippen LogP contribution in [0.2, 0.25) is 0 Å². The van der Waals surface area contributed by atoms with E-state index in [1.54, 1.807) is 4.52 Å². The number of nitrogens with zero attached hydrogens (tertiary/aromatic N) is 2. The molecule has 0 saturated carbocycles. The Kier molecular flexibility index (Phi) is 2.23. The summed E-state index contributed by atoms with van der Waals surface area (Å²) in [6, 6.07) is 7.74. The monoisotopic (exact) mass is 191 g/mol. The second-order valence-corrected chi connectivity index (χ2v) is 3.32. The molecule has 2 heterocycles. The maximum Gasteiger partial charge on any atom is 0.110 e. The van der Waals surface area contributed by atoms with Crippen LogP contribution in [0.3, 0.4) is 0 Å². The average Bonchev–Trinajstić information content (AvgIpc) is 2.62. The molecule has 0 aliphatic heterocycles. The number of fused-ring (bicyclic) bond motifs is 1. The number of aromatic nitrogens is 2. The fourth-order valence-electron chi connectivity index (χ4n) is 1.46. The molecule has 4 heteroatoms. The standard InChI is InChI=1S/C10H13N3O/c1-7-3-2-4-8-5-9(10(14)6-11)12-13(7)8/h2-5,10,14H,6,11H2,1H3. The summed E-state index contributed by atoms with van der Waals surface area (Å²) in [5, 5.41) is 13.8. The second-order valence-electron chi connectivity index (χ2n) is 3.32. The molecular weight excluding hydrogens is 178 g/mol. The van der Waals surface area contributed by atoms with E-state index in [4.69, 9.17) is 5.73 Å². The lowest BCUT2D eigenvalue weighted by atomic mass is 10.2. The number of hydrogen-bond acceptors (Lipinski definition) is 3. The van der Waals surface area contributed by atoms with Crippen LogP contribution in [-0.2, 0) is 0 Å². The third-order valence-corrected chi connectivity index (χ3v) is 2.26. The van der Waals surface area contributed by atoms with Crippen molar-refractivity contribution in [2.75, 3.05) is 6.54 Å². The van der Waals surface area contributed by atoms with Crippen LogP contribution in [0.1, 0.15) is 17.5 Å². The van der Waals surface area contributed by atoms with E-state index in [0.717, 1.165) is 11.2 Å². The van der Waals surface area contributed by atoms with Crippen LogP contribution in [0.15, 0.2) is 24.3 Å². The number of aryl methyl sites for hydroxylation is 1. The van der Waals surface area contributed by atoms with Crippen LogP contribution < -0.4 is 5.73 Å². The van der Waals surface area contributed by atoms with Gasteiger partial charge in [0, 0.05) is 12.2 Å². The first-order chi connectivity index (χ1) is 6.72. The van der Waals surface area contributed by atoms with Crippen molar-refractivity contribution in [3.8, 4) is 0 Å². The minimum absolute atomic E-state index is 0.197. The highest BCUT2D eigenvalue weighted by molar-refractivity contribution is 5.48. The predicted molar refractivity (Wildman–Crippen MR) is 53.9 cm³/mol. The van der Waals surface area contributed by atoms with Gasteiger partial charge in [0.25, 0.3) is 0 Å². The molecule has 3 N–H and O–H groups in total. The third-order valence-electron chi connectivity index (χ3n) is 2.26. The van der Waals surface area contributed by atoms with Gasteiger partial charge in [0.15, 0.2) is 0 Å². The van der Waals surface area contributed by atoms with Crippen molar-refractivity contribution in [3.63, 3.8) is 0 Å². The highest BCUT2D eigenvalue weighted by Crippen LogP contribution is 2.14. The minimum Gasteiger partial charge on any atom is -0.385 e. The van der Waals surface area contributed by atoms with E-state index in [-0.39, 0.29) is 6.54 Å². The summed E-state index contributed by atoms with van der Waals surface area (Å²) in [5.74, 6) is 0. The summed E-state index contributed by atoms with van der Waals surface area (Å²) in [5.41, 5.74) is 8.01. The first-order valence-electron chi connectivity index (χ1n) is 4.56. The highest BCUT2D eigenvalue weighted by atomic mass is 16.3. The molecule has 1 atom stereocenters. The Balaban J connectivity index is 2.56. The Bertz CT molecular complexity index is 450. The molecule has 2 aromatic heterocycles. The Labute approximate surface area is 82.0 Å². The van der Waals surface area contributed by atoms with Crippen molar-refractivity contribution in [2.24, 2.45) is 5.73 Å². The van der Waals surface area contributed by atoms with Gasteiger partial charge in [-0.15, -0.1) is 0 Å². The minimum atomic E-state index is -0.672. The number of aliphatic hydroxyl groups is 1. The summed E-state index contributed by atoms with van der Waals surface area (Å²) >= 11 is 0. The van der Waals surface area contributed by atoms with Crippen molar-refractivity contribution in [1.82, 2.24) is 9.61 Å². The third kappa shape index (κ3) is 1.38. The summed E-state index contributed by atoms with van der Waals surface area (Å²) in [6.07, 6.45) is -0.672. The van der Waals surface area contributed by atoms with Gasteiger partial charge >= 0.3 is 0 Å². The van der Waals surface area contributed by atoms with E-state index in [2.05, 4.69) is 5.10 Å². The van der Waals surface area contributed by atoms with Gasteiger partial charge in [-0.05, 0) is 25.1 Å². The molecule has 2 rings (SSSR count). The van der Waals surface area contributed by atoms with Crippen LogP contribution >= 0.6 is 0 Å². The van der Waals surface area contributed by atoms with E-state index in [1.165, 1.54) is 0 Å². The molecule has 4 nitrogen and oxygen atoms in total. The van der Waals surface area contributed by atoms with Crippen LogP contribution in [0.5, 0.6) is 0 Å². The number of nitrogens with two attached hydrogens (primary N) is 1. The van der Waals surface area contributed by atoms with Gasteiger partial charge in [-0.2, -0.15) is 5.10 Å². The van der Waals surface area contributed by atoms with E-state index >= 15 is 0 Å². The van der Waals surface area contributed by atoms with Crippen LogP contribution in [0.25, 0.3) is 5.52 Å². The lowest BCUT2D eigenvalue weighted by Crippen LogP contribution is -2.12. The first-order valence-corrected chi connectivity index (χ1v) is 4.56. The predicted octanol–water partition coefficient (Wildman–Crippen LogP) is 0.635. The Morgan fingerprint density at radius 3 is 3.00 bits per heavy atom. The van der Waals surface area contributed by atoms with Gasteiger partial charge in [0.1, 0.15) is 6.10 Å². The Morgan fingerprint density at radius 1 is 1.57 bits per heavy atom. The van der Waals surface area contributed by atoms with Gasteiger partial charge in [-0.25, -0.2) is 4.52 Å². The van der Waals surface area contributed by atoms with Gasteiger partial charge in [0.2, 0.25) is 0 Å². The zero-order valence-corrected chi connectivity index (χ0v) is 8.01. The van der Waals surface area contributed by atoms with E-state index < -0.39 is 6.10 Å². The molecule has 0 aromatic carbocycles. The van der Waals surface area contributed by atoms with Crippen LogP contribution in [0.4, 0.5) is 0 Å². The molecule has 0 saturated heterocycles. The zero-order chi connectivity index (χ0) is 10.1. The van der Waals surface area contributed by atoms with E-state index in [9.17, 15) is 5.11 Å². The quantitative estimate of drug-likeness (QED) is 0.732. The lowest BCUT2D eigenvalue weighted by Gasteiger charge is -2.01. The molecule has 2 aromatic rings. The van der Waals surface area contributed by atoms with Crippen molar-refractivity contribution < 1.29 is 5.11 Å². The molecular formula is C10H13N3O. The Hall–Kier alpha value is -1.39. The topological polar surface area (TPSA) is 63.5 Å². The number of aliphatic hydroxyl groups excluding tert-OH is 1. The molecule has 74 valence electrons. The molecule has 0 spiro atoms. The van der Waals surface area contributed by atoms with Gasteiger partial charge < -0.3 is 10.8 Å². The fraction of sp³-hybridized carbons (Fsp3) is 0.300. The molecule has 0 amide bonds. The summed E-state index contributed by atoms with van der Waals surface area (Å²) in [4.78, 5) is 0. The first kappa shape index (κ1) is 9.18. The van der Waals surface area contributed by atoms with Crippen molar-refractivity contribution in [2.45, 2.75) is 13.0 Å². The van der Waals surface area contributed by atoms with Crippen molar-refractivity contribution in [1.29, 1.82) is 0 Å². The average molecular weight is 191 g/mol. The summed E-state index contributed by atoms with van der Waals surface area (Å²) in [6.45, 7) is 2.17. The largest absolute Gasteiger partial charge is 0.385 e. The number of hydrogen-bond donors (Lipinski definition) is 2. The normalized spacial score (nSPS) is 13.4. The maximum atomic E-state index is 9.52. The molecule has 0 aliphatic rings. The van der Waals surface area contributed by atoms with Crippen molar-refractivity contribution >= 4 is 5.52 Å². The molecule has 1 unspecified atom stereocenters. The molecule has 0 radical (unpaired) electrons. The molecule has 0 bridgehead atoms. The zero-order valence-electron chi connectivity index (χ0n) is 8.01. The SMILES string of the molecule is Cc1cccc2cc(C(O)CN)nn12. The van der Waals surface area contributed by atoms with Crippen LogP contribution in [0, 0.1) is 6.92 Å². The van der Waals surface area contributed by atoms with Crippen molar-refractivity contribution in [3.05, 3.63) is 35.7 Å². The van der Waals surface area contributed by atoms with Gasteiger partial charge in [-0.1, -0.05) is 6.07 Å². The molecule has 0 fully saturated rings. The molecule has 0 aliphatic carbocycles. The summed E-state index contributed by atoms with van der Waals surface area (Å²) in [7, 11) is 0. The number of rotatable bonds is 2. The Morgan fingerprint density at radius 2 is 2.36 bits per heavy atom. The van der Waals surface area contributed by atoms with E-state index in [1.807, 2.05) is 31.2 Å². The van der Waals surface area contributed by atoms with Gasteiger partial charge in [-0.3, -0.25) is 0 Å². The smallest absolute Gasteiger partial charge is 0.110 e. The van der Waals surface area contributed by atoms with Crippen LogP contribution in [-0.4, -0.2) is 21.3 Å². The second kappa shape index (κ2) is 3.40. The van der Waals surface area contributed by atoms with Gasteiger partial charge in [0.05, 0.1) is 11.2 Å². The molecule has 14 heavy (non-hydrogen) atoms. The lowest BCUT2D eigenvalue weighted by molar-refractivity contribution is 0.181. The summed E-state index contributed by atoms with van der Waals surface area (Å²) < 4.78 is 1.80. The van der Waals surface area contributed by atoms with E-state index in [0.29, 0.717) is 5.69 Å².